The molecule has 0 bridgehead atoms. The summed E-state index contributed by atoms with van der Waals surface area (Å²) < 4.78 is 9.53. The number of ether oxygens (including phenoxy) is 2. The molecular weight excluding hydrogens is 248 g/mol. The van der Waals surface area contributed by atoms with E-state index in [4.69, 9.17) is 10.5 Å². The molecular formula is C13H18N2O4. The largest absolute Gasteiger partial charge is 0.497 e. The molecule has 19 heavy (non-hydrogen) atoms. The summed E-state index contributed by atoms with van der Waals surface area (Å²) in [6.45, 7) is 0.200. The van der Waals surface area contributed by atoms with E-state index in [1.807, 2.05) is 0 Å². The zero-order chi connectivity index (χ0) is 14.3. The SMILES string of the molecule is COC(=O)CC(N)CNC(=O)c1cccc(OC)c1. The standard InChI is InChI=1S/C13H18N2O4/c1-18-11-5-3-4-9(6-11)13(17)15-8-10(14)7-12(16)19-2/h3-6,10H,7-8,14H2,1-2H3,(H,15,17). The molecule has 0 aliphatic carbocycles. The number of hydrogen-bond donors (Lipinski definition) is 2. The van der Waals surface area contributed by atoms with Crippen LogP contribution in [0.2, 0.25) is 0 Å². The van der Waals surface area contributed by atoms with Gasteiger partial charge in [-0.05, 0) is 18.2 Å². The number of nitrogens with two attached hydrogens (primary N) is 1. The van der Waals surface area contributed by atoms with Gasteiger partial charge in [-0.3, -0.25) is 9.59 Å². The van der Waals surface area contributed by atoms with Gasteiger partial charge < -0.3 is 20.5 Å². The fourth-order valence-corrected chi connectivity index (χ4v) is 1.46. The Bertz CT molecular complexity index is 448. The zero-order valence-electron chi connectivity index (χ0n) is 11.0. The highest BCUT2D eigenvalue weighted by Crippen LogP contribution is 2.12. The predicted molar refractivity (Wildman–Crippen MR) is 69.9 cm³/mol. The zero-order valence-corrected chi connectivity index (χ0v) is 11.0. The van der Waals surface area contributed by atoms with E-state index in [2.05, 4.69) is 10.1 Å². The topological polar surface area (TPSA) is 90.6 Å². The van der Waals surface area contributed by atoms with E-state index < -0.39 is 12.0 Å². The van der Waals surface area contributed by atoms with Crippen LogP contribution in [0, 0.1) is 0 Å². The van der Waals surface area contributed by atoms with E-state index >= 15 is 0 Å². The van der Waals surface area contributed by atoms with Crippen molar-refractivity contribution in [1.29, 1.82) is 0 Å². The molecule has 0 spiro atoms. The third-order valence-electron chi connectivity index (χ3n) is 2.51. The summed E-state index contributed by atoms with van der Waals surface area (Å²) in [5.41, 5.74) is 6.17. The van der Waals surface area contributed by atoms with Gasteiger partial charge in [-0.15, -0.1) is 0 Å². The summed E-state index contributed by atoms with van der Waals surface area (Å²) in [6.07, 6.45) is 0.0644. The lowest BCUT2D eigenvalue weighted by atomic mass is 10.2. The van der Waals surface area contributed by atoms with Crippen molar-refractivity contribution in [2.75, 3.05) is 20.8 Å². The number of amides is 1. The Kier molecular flexibility index (Phi) is 5.81. The highest BCUT2D eigenvalue weighted by Gasteiger charge is 2.12. The van der Waals surface area contributed by atoms with E-state index in [1.165, 1.54) is 14.2 Å². The molecule has 1 unspecified atom stereocenters. The molecule has 0 aromatic heterocycles. The summed E-state index contributed by atoms with van der Waals surface area (Å²) in [4.78, 5) is 22.8. The van der Waals surface area contributed by atoms with E-state index in [9.17, 15) is 9.59 Å². The van der Waals surface area contributed by atoms with Crippen LogP contribution in [0.5, 0.6) is 5.75 Å². The fraction of sp³-hybridized carbons (Fsp3) is 0.385. The lowest BCUT2D eigenvalue weighted by molar-refractivity contribution is -0.140. The first-order chi connectivity index (χ1) is 9.06. The quantitative estimate of drug-likeness (QED) is 0.723. The molecule has 6 heteroatoms. The second-order valence-corrected chi connectivity index (χ2v) is 3.98. The van der Waals surface area contributed by atoms with Gasteiger partial charge in [0.1, 0.15) is 5.75 Å². The van der Waals surface area contributed by atoms with Crippen LogP contribution < -0.4 is 15.8 Å². The van der Waals surface area contributed by atoms with Crippen molar-refractivity contribution in [3.05, 3.63) is 29.8 Å². The van der Waals surface area contributed by atoms with Crippen molar-refractivity contribution in [3.63, 3.8) is 0 Å². The Morgan fingerprint density at radius 3 is 2.74 bits per heavy atom. The number of rotatable bonds is 6. The maximum Gasteiger partial charge on any atom is 0.307 e. The van der Waals surface area contributed by atoms with Gasteiger partial charge >= 0.3 is 5.97 Å². The molecule has 0 aliphatic rings. The van der Waals surface area contributed by atoms with Gasteiger partial charge in [-0.1, -0.05) is 6.07 Å². The molecule has 1 atom stereocenters. The van der Waals surface area contributed by atoms with Crippen LogP contribution in [-0.2, 0) is 9.53 Å². The maximum atomic E-state index is 11.8. The molecule has 0 aliphatic heterocycles. The highest BCUT2D eigenvalue weighted by atomic mass is 16.5. The minimum absolute atomic E-state index is 0.0644. The molecule has 104 valence electrons. The number of carbonyl (C=O) groups excluding carboxylic acids is 2. The number of benzene rings is 1. The minimum atomic E-state index is -0.470. The average molecular weight is 266 g/mol. The van der Waals surface area contributed by atoms with E-state index in [0.29, 0.717) is 11.3 Å². The monoisotopic (exact) mass is 266 g/mol. The second-order valence-electron chi connectivity index (χ2n) is 3.98. The normalized spacial score (nSPS) is 11.5. The molecule has 1 aromatic carbocycles. The van der Waals surface area contributed by atoms with Gasteiger partial charge in [0.15, 0.2) is 0 Å². The van der Waals surface area contributed by atoms with Crippen LogP contribution in [0.3, 0.4) is 0 Å². The molecule has 6 nitrogen and oxygen atoms in total. The lowest BCUT2D eigenvalue weighted by Gasteiger charge is -2.11. The number of esters is 1. The van der Waals surface area contributed by atoms with Gasteiger partial charge in [-0.2, -0.15) is 0 Å². The third kappa shape index (κ3) is 4.97. The van der Waals surface area contributed by atoms with Gasteiger partial charge in [-0.25, -0.2) is 0 Å². The van der Waals surface area contributed by atoms with Gasteiger partial charge in [0, 0.05) is 18.2 Å². The second kappa shape index (κ2) is 7.38. The van der Waals surface area contributed by atoms with Crippen LogP contribution in [0.4, 0.5) is 0 Å². The van der Waals surface area contributed by atoms with Crippen LogP contribution >= 0.6 is 0 Å². The fourth-order valence-electron chi connectivity index (χ4n) is 1.46. The molecule has 1 rings (SSSR count). The van der Waals surface area contributed by atoms with Gasteiger partial charge in [0.05, 0.1) is 20.6 Å². The molecule has 0 fully saturated rings. The summed E-state index contributed by atoms with van der Waals surface area (Å²) in [6, 6.07) is 6.30. The third-order valence-corrected chi connectivity index (χ3v) is 2.51. The Hall–Kier alpha value is -2.08. The van der Waals surface area contributed by atoms with Crippen molar-refractivity contribution >= 4 is 11.9 Å². The predicted octanol–water partition coefficient (Wildman–Crippen LogP) is 0.315. The molecule has 0 heterocycles. The van der Waals surface area contributed by atoms with Crippen LogP contribution in [0.15, 0.2) is 24.3 Å². The highest BCUT2D eigenvalue weighted by molar-refractivity contribution is 5.94. The van der Waals surface area contributed by atoms with Crippen molar-refractivity contribution < 1.29 is 19.1 Å². The lowest BCUT2D eigenvalue weighted by Crippen LogP contribution is -2.38. The summed E-state index contributed by atoms with van der Waals surface area (Å²) in [5.74, 6) is -0.0612. The molecule has 1 aromatic rings. The number of methoxy groups -OCH3 is 2. The van der Waals surface area contributed by atoms with Crippen LogP contribution in [0.1, 0.15) is 16.8 Å². The Morgan fingerprint density at radius 1 is 1.37 bits per heavy atom. The number of hydrogen-bond acceptors (Lipinski definition) is 5. The van der Waals surface area contributed by atoms with Crippen LogP contribution in [0.25, 0.3) is 0 Å². The molecule has 3 N–H and O–H groups in total. The van der Waals surface area contributed by atoms with Crippen LogP contribution in [-0.4, -0.2) is 38.7 Å². The number of carbonyl (C=O) groups is 2. The van der Waals surface area contributed by atoms with Gasteiger partial charge in [0.2, 0.25) is 0 Å². The first-order valence-electron chi connectivity index (χ1n) is 5.81. The maximum absolute atomic E-state index is 11.8. The Morgan fingerprint density at radius 2 is 2.11 bits per heavy atom. The first-order valence-corrected chi connectivity index (χ1v) is 5.81. The van der Waals surface area contributed by atoms with Crippen molar-refractivity contribution in [1.82, 2.24) is 5.32 Å². The van der Waals surface area contributed by atoms with Gasteiger partial charge in [0.25, 0.3) is 5.91 Å². The van der Waals surface area contributed by atoms with Crippen molar-refractivity contribution in [2.24, 2.45) is 5.73 Å². The molecule has 0 radical (unpaired) electrons. The summed E-state index contributed by atoms with van der Waals surface area (Å²) in [5, 5.41) is 2.65. The van der Waals surface area contributed by atoms with E-state index in [0.717, 1.165) is 0 Å². The van der Waals surface area contributed by atoms with E-state index in [-0.39, 0.29) is 18.9 Å². The van der Waals surface area contributed by atoms with Crippen molar-refractivity contribution in [3.8, 4) is 5.75 Å². The van der Waals surface area contributed by atoms with E-state index in [1.54, 1.807) is 24.3 Å². The smallest absolute Gasteiger partial charge is 0.307 e. The molecule has 1 amide bonds. The Balaban J connectivity index is 2.48. The molecule has 0 saturated carbocycles. The average Bonchev–Trinajstić information content (AvgIpc) is 2.44. The van der Waals surface area contributed by atoms with Crippen molar-refractivity contribution in [2.45, 2.75) is 12.5 Å². The summed E-state index contributed by atoms with van der Waals surface area (Å²) in [7, 11) is 2.83. The first kappa shape index (κ1) is 15.0. The minimum Gasteiger partial charge on any atom is -0.497 e. The summed E-state index contributed by atoms with van der Waals surface area (Å²) >= 11 is 0. The Labute approximate surface area is 111 Å². The number of nitrogens with one attached hydrogen (secondary N) is 1. The molecule has 0 saturated heterocycles.